The SMILES string of the molecule is c1ccc2c(c1)sc1c(-c3ccc(N(c4ccc(-c5ccc6cnncc6c5)cc4)c4ccc(-c5ccc6cnncc6c5)cc4)cc3)ncnc12. The van der Waals surface area contributed by atoms with Gasteiger partial charge in [-0.3, -0.25) is 0 Å². The van der Waals surface area contributed by atoms with Crippen LogP contribution >= 0.6 is 11.3 Å². The van der Waals surface area contributed by atoms with Crippen LogP contribution in [0.15, 0.2) is 165 Å². The first-order chi connectivity index (χ1) is 25.7. The molecule has 10 rings (SSSR count). The standard InChI is InChI=1S/C44H27N7S/c1-2-4-41-40(3-1)43-44(52-41)42(45-27-46-43)30-13-19-39(20-14-30)51(37-15-9-28(10-16-37)31-5-7-33-23-47-49-25-35(33)21-31)38-17-11-29(12-18-38)32-6-8-34-24-48-50-26-36(34)22-32/h1-27H. The van der Waals surface area contributed by atoms with Crippen molar-refractivity contribution in [2.24, 2.45) is 0 Å². The monoisotopic (exact) mass is 685 g/mol. The van der Waals surface area contributed by atoms with Crippen LogP contribution in [0.2, 0.25) is 0 Å². The molecule has 0 bridgehead atoms. The molecule has 0 saturated carbocycles. The van der Waals surface area contributed by atoms with Crippen LogP contribution < -0.4 is 4.90 Å². The van der Waals surface area contributed by atoms with Crippen molar-refractivity contribution < 1.29 is 0 Å². The lowest BCUT2D eigenvalue weighted by molar-refractivity contribution is 1.05. The van der Waals surface area contributed by atoms with Gasteiger partial charge in [0.15, 0.2) is 0 Å². The molecule has 0 spiro atoms. The average molecular weight is 686 g/mol. The van der Waals surface area contributed by atoms with E-state index in [0.717, 1.165) is 87.7 Å². The van der Waals surface area contributed by atoms with Crippen molar-refractivity contribution >= 4 is 70.2 Å². The number of aromatic nitrogens is 6. The molecule has 0 unspecified atom stereocenters. The van der Waals surface area contributed by atoms with Crippen molar-refractivity contribution in [1.82, 2.24) is 30.4 Å². The number of rotatable bonds is 6. The summed E-state index contributed by atoms with van der Waals surface area (Å²) < 4.78 is 2.31. The van der Waals surface area contributed by atoms with Crippen molar-refractivity contribution in [3.05, 3.63) is 165 Å². The van der Waals surface area contributed by atoms with E-state index in [1.54, 1.807) is 30.1 Å². The zero-order valence-electron chi connectivity index (χ0n) is 27.6. The molecule has 0 aliphatic carbocycles. The van der Waals surface area contributed by atoms with Gasteiger partial charge in [-0.15, -0.1) is 11.3 Å². The summed E-state index contributed by atoms with van der Waals surface area (Å²) in [4.78, 5) is 11.7. The first kappa shape index (κ1) is 30.0. The molecule has 0 fully saturated rings. The summed E-state index contributed by atoms with van der Waals surface area (Å²) in [5.74, 6) is 0. The Morgan fingerprint density at radius 2 is 0.904 bits per heavy atom. The highest BCUT2D eigenvalue weighted by Gasteiger charge is 2.16. The zero-order valence-corrected chi connectivity index (χ0v) is 28.4. The maximum absolute atomic E-state index is 4.75. The van der Waals surface area contributed by atoms with E-state index in [-0.39, 0.29) is 0 Å². The fourth-order valence-electron chi connectivity index (χ4n) is 6.90. The molecule has 244 valence electrons. The Morgan fingerprint density at radius 3 is 1.46 bits per heavy atom. The van der Waals surface area contributed by atoms with Crippen LogP contribution in [-0.4, -0.2) is 30.4 Å². The van der Waals surface area contributed by atoms with Crippen LogP contribution in [0.1, 0.15) is 0 Å². The van der Waals surface area contributed by atoms with Crippen molar-refractivity contribution in [2.45, 2.75) is 0 Å². The molecule has 52 heavy (non-hydrogen) atoms. The molecule has 0 radical (unpaired) electrons. The van der Waals surface area contributed by atoms with E-state index >= 15 is 0 Å². The van der Waals surface area contributed by atoms with Gasteiger partial charge in [0.1, 0.15) is 6.33 Å². The van der Waals surface area contributed by atoms with Gasteiger partial charge in [-0.25, -0.2) is 9.97 Å². The van der Waals surface area contributed by atoms with Crippen molar-refractivity contribution in [3.63, 3.8) is 0 Å². The van der Waals surface area contributed by atoms with E-state index in [1.807, 2.05) is 12.4 Å². The smallest absolute Gasteiger partial charge is 0.116 e. The van der Waals surface area contributed by atoms with Crippen LogP contribution in [0.25, 0.3) is 75.4 Å². The van der Waals surface area contributed by atoms with Crippen LogP contribution in [0.4, 0.5) is 17.1 Å². The normalized spacial score (nSPS) is 11.5. The summed E-state index contributed by atoms with van der Waals surface area (Å²) in [5, 5.41) is 21.6. The molecule has 4 heterocycles. The van der Waals surface area contributed by atoms with E-state index in [0.29, 0.717) is 0 Å². The number of nitrogens with zero attached hydrogens (tertiary/aromatic N) is 7. The first-order valence-corrected chi connectivity index (χ1v) is 17.7. The number of hydrogen-bond acceptors (Lipinski definition) is 8. The molecule has 0 N–H and O–H groups in total. The second kappa shape index (κ2) is 12.5. The topological polar surface area (TPSA) is 80.6 Å². The predicted octanol–water partition coefficient (Wildman–Crippen LogP) is 11.2. The van der Waals surface area contributed by atoms with Gasteiger partial charge in [0.25, 0.3) is 0 Å². The second-order valence-corrected chi connectivity index (χ2v) is 13.7. The number of fused-ring (bicyclic) bond motifs is 5. The molecule has 0 atom stereocenters. The highest BCUT2D eigenvalue weighted by atomic mass is 32.1. The van der Waals surface area contributed by atoms with Crippen molar-refractivity contribution in [3.8, 4) is 33.5 Å². The minimum Gasteiger partial charge on any atom is -0.311 e. The summed E-state index contributed by atoms with van der Waals surface area (Å²) >= 11 is 1.74. The van der Waals surface area contributed by atoms with Gasteiger partial charge in [0, 0.05) is 54.3 Å². The largest absolute Gasteiger partial charge is 0.311 e. The first-order valence-electron chi connectivity index (χ1n) is 16.9. The Hall–Kier alpha value is -6.90. The van der Waals surface area contributed by atoms with Crippen LogP contribution in [-0.2, 0) is 0 Å². The van der Waals surface area contributed by atoms with E-state index in [9.17, 15) is 0 Å². The molecule has 7 nitrogen and oxygen atoms in total. The Bertz CT molecular complexity index is 2780. The maximum atomic E-state index is 4.75. The fourth-order valence-corrected chi connectivity index (χ4v) is 8.07. The minimum absolute atomic E-state index is 0.945. The molecule has 0 saturated heterocycles. The predicted molar refractivity (Wildman–Crippen MR) is 212 cm³/mol. The van der Waals surface area contributed by atoms with Crippen LogP contribution in [0, 0.1) is 0 Å². The number of thiophene rings is 1. The number of hydrogen-bond donors (Lipinski definition) is 0. The average Bonchev–Trinajstić information content (AvgIpc) is 3.61. The minimum atomic E-state index is 0.945. The lowest BCUT2D eigenvalue weighted by Crippen LogP contribution is -2.09. The number of benzene rings is 6. The summed E-state index contributed by atoms with van der Waals surface area (Å²) in [6.07, 6.45) is 8.87. The van der Waals surface area contributed by atoms with Gasteiger partial charge in [-0.2, -0.15) is 20.4 Å². The summed E-state index contributed by atoms with van der Waals surface area (Å²) in [5.41, 5.74) is 10.7. The quantitative estimate of drug-likeness (QED) is 0.172. The lowest BCUT2D eigenvalue weighted by atomic mass is 10.0. The zero-order chi connectivity index (χ0) is 34.4. The Morgan fingerprint density at radius 1 is 0.423 bits per heavy atom. The third-order valence-corrected chi connectivity index (χ3v) is 10.7. The molecule has 8 heteroatoms. The molecule has 0 aliphatic rings. The van der Waals surface area contributed by atoms with Gasteiger partial charge in [0.2, 0.25) is 0 Å². The molecule has 0 aliphatic heterocycles. The van der Waals surface area contributed by atoms with Crippen molar-refractivity contribution in [2.75, 3.05) is 4.90 Å². The second-order valence-electron chi connectivity index (χ2n) is 12.6. The Kier molecular flexibility index (Phi) is 7.18. The molecule has 10 aromatic rings. The van der Waals surface area contributed by atoms with Gasteiger partial charge < -0.3 is 4.90 Å². The molecule has 6 aromatic carbocycles. The summed E-state index contributed by atoms with van der Waals surface area (Å²) in [6, 6.07) is 47.3. The van der Waals surface area contributed by atoms with Gasteiger partial charge in [-0.05, 0) is 76.9 Å². The summed E-state index contributed by atoms with van der Waals surface area (Å²) in [6.45, 7) is 0. The summed E-state index contributed by atoms with van der Waals surface area (Å²) in [7, 11) is 0. The Labute approximate surface area is 302 Å². The highest BCUT2D eigenvalue weighted by molar-refractivity contribution is 7.26. The van der Waals surface area contributed by atoms with E-state index in [1.165, 1.54) is 4.70 Å². The van der Waals surface area contributed by atoms with E-state index < -0.39 is 0 Å². The number of anilines is 3. The molecular weight excluding hydrogens is 659 g/mol. The molecular formula is C44H27N7S. The third-order valence-electron chi connectivity index (χ3n) is 9.57. The van der Waals surface area contributed by atoms with E-state index in [4.69, 9.17) is 4.98 Å². The Balaban J connectivity index is 1.04. The van der Waals surface area contributed by atoms with E-state index in [2.05, 4.69) is 164 Å². The van der Waals surface area contributed by atoms with Crippen LogP contribution in [0.3, 0.4) is 0 Å². The third kappa shape index (κ3) is 5.30. The lowest BCUT2D eigenvalue weighted by Gasteiger charge is -2.26. The fraction of sp³-hybridized carbons (Fsp3) is 0. The maximum Gasteiger partial charge on any atom is 0.116 e. The van der Waals surface area contributed by atoms with Gasteiger partial charge in [0.05, 0.1) is 40.7 Å². The molecule has 4 aromatic heterocycles. The van der Waals surface area contributed by atoms with Gasteiger partial charge in [-0.1, -0.05) is 78.9 Å². The van der Waals surface area contributed by atoms with Crippen LogP contribution in [0.5, 0.6) is 0 Å². The molecule has 0 amide bonds. The highest BCUT2D eigenvalue weighted by Crippen LogP contribution is 2.40. The van der Waals surface area contributed by atoms with Crippen molar-refractivity contribution in [1.29, 1.82) is 0 Å². The van der Waals surface area contributed by atoms with Gasteiger partial charge >= 0.3 is 0 Å².